The number of methoxy groups -OCH3 is 1. The second-order valence-electron chi connectivity index (χ2n) is 7.00. The van der Waals surface area contributed by atoms with E-state index in [1.54, 1.807) is 19.2 Å². The van der Waals surface area contributed by atoms with E-state index in [4.69, 9.17) is 10.5 Å². The van der Waals surface area contributed by atoms with Crippen molar-refractivity contribution in [3.05, 3.63) is 30.0 Å². The van der Waals surface area contributed by atoms with Crippen LogP contribution >= 0.6 is 11.3 Å². The zero-order chi connectivity index (χ0) is 19.6. The van der Waals surface area contributed by atoms with Gasteiger partial charge in [-0.15, -0.1) is 0 Å². The third-order valence-corrected chi connectivity index (χ3v) is 5.90. The number of nitrogen functional groups attached to an aromatic ring is 1. The van der Waals surface area contributed by atoms with E-state index in [0.717, 1.165) is 24.2 Å². The third-order valence-electron chi connectivity index (χ3n) is 4.97. The highest BCUT2D eigenvalue weighted by atomic mass is 32.1. The van der Waals surface area contributed by atoms with Crippen molar-refractivity contribution >= 4 is 28.2 Å². The molecule has 3 rings (SSSR count). The van der Waals surface area contributed by atoms with Gasteiger partial charge in [0.2, 0.25) is 0 Å². The van der Waals surface area contributed by atoms with E-state index in [1.165, 1.54) is 11.3 Å². The molecule has 2 aromatic rings. The molecule has 144 valence electrons. The minimum absolute atomic E-state index is 0.0738. The van der Waals surface area contributed by atoms with Crippen molar-refractivity contribution < 1.29 is 19.4 Å². The van der Waals surface area contributed by atoms with Crippen LogP contribution in [0.5, 0.6) is 5.75 Å². The number of thiazole rings is 1. The zero-order valence-electron chi connectivity index (χ0n) is 15.3. The first-order valence-electron chi connectivity index (χ1n) is 8.81. The second-order valence-corrected chi connectivity index (χ2v) is 8.03. The average molecular weight is 389 g/mol. The average Bonchev–Trinajstić information content (AvgIpc) is 3.03. The Labute approximate surface area is 161 Å². The van der Waals surface area contributed by atoms with Crippen LogP contribution in [0.3, 0.4) is 0 Å². The lowest BCUT2D eigenvalue weighted by Gasteiger charge is -2.36. The second kappa shape index (κ2) is 7.56. The number of nitrogens with two attached hydrogens (primary N) is 1. The molecule has 0 saturated heterocycles. The molecule has 1 amide bonds. The number of ether oxygens (including phenoxy) is 1. The number of hydrogen-bond donors (Lipinski definition) is 3. The number of rotatable bonds is 5. The number of aromatic nitrogens is 1. The van der Waals surface area contributed by atoms with Crippen LogP contribution in [0, 0.1) is 5.92 Å². The molecule has 1 saturated carbocycles. The molecule has 4 N–H and O–H groups in total. The number of carboxylic acids is 1. The molecule has 0 aliphatic heterocycles. The minimum atomic E-state index is -1.26. The zero-order valence-corrected chi connectivity index (χ0v) is 16.1. The molecule has 1 heterocycles. The summed E-state index contributed by atoms with van der Waals surface area (Å²) in [6.45, 7) is 2.00. The Hall–Kier alpha value is -2.61. The van der Waals surface area contributed by atoms with E-state index in [2.05, 4.69) is 10.3 Å². The summed E-state index contributed by atoms with van der Waals surface area (Å²) in [7, 11) is 1.59. The Morgan fingerprint density at radius 1 is 1.37 bits per heavy atom. The Kier molecular flexibility index (Phi) is 5.36. The molecule has 1 aliphatic carbocycles. The van der Waals surface area contributed by atoms with Gasteiger partial charge in [0.25, 0.3) is 5.91 Å². The quantitative estimate of drug-likeness (QED) is 0.724. The maximum atomic E-state index is 12.8. The van der Waals surface area contributed by atoms with Crippen LogP contribution in [-0.4, -0.2) is 34.6 Å². The number of hydrogen-bond acceptors (Lipinski definition) is 6. The molecule has 0 bridgehead atoms. The fraction of sp³-hybridized carbons (Fsp3) is 0.421. The van der Waals surface area contributed by atoms with Crippen molar-refractivity contribution in [1.82, 2.24) is 10.3 Å². The number of carbonyl (C=O) groups excluding carboxylic acids is 1. The van der Waals surface area contributed by atoms with Crippen LogP contribution in [0.25, 0.3) is 10.6 Å². The van der Waals surface area contributed by atoms with Crippen LogP contribution in [-0.2, 0) is 4.79 Å². The van der Waals surface area contributed by atoms with Crippen molar-refractivity contribution in [3.63, 3.8) is 0 Å². The summed E-state index contributed by atoms with van der Waals surface area (Å²) >= 11 is 1.20. The summed E-state index contributed by atoms with van der Waals surface area (Å²) in [5.74, 6) is -0.597. The van der Waals surface area contributed by atoms with Gasteiger partial charge in [0.15, 0.2) is 5.69 Å². The molecule has 1 aromatic heterocycles. The molecule has 0 radical (unpaired) electrons. The maximum absolute atomic E-state index is 12.8. The molecular formula is C19H23N3O4S. The van der Waals surface area contributed by atoms with Crippen molar-refractivity contribution in [2.45, 2.75) is 38.1 Å². The number of nitrogens with zero attached hydrogens (tertiary/aromatic N) is 1. The lowest BCUT2D eigenvalue weighted by Crippen LogP contribution is -2.56. The predicted molar refractivity (Wildman–Crippen MR) is 104 cm³/mol. The number of benzene rings is 1. The van der Waals surface area contributed by atoms with Gasteiger partial charge in [0.05, 0.1) is 7.11 Å². The molecule has 7 nitrogen and oxygen atoms in total. The monoisotopic (exact) mass is 389 g/mol. The fourth-order valence-corrected chi connectivity index (χ4v) is 4.37. The summed E-state index contributed by atoms with van der Waals surface area (Å²) in [6, 6.07) is 7.27. The van der Waals surface area contributed by atoms with E-state index in [0.29, 0.717) is 17.8 Å². The number of nitrogens with one attached hydrogen (secondary N) is 1. The highest BCUT2D eigenvalue weighted by Gasteiger charge is 2.43. The van der Waals surface area contributed by atoms with Crippen LogP contribution in [0.4, 0.5) is 5.00 Å². The normalized spacial score (nSPS) is 22.2. The number of carboxylic acid groups (broad SMARTS) is 1. The van der Waals surface area contributed by atoms with E-state index in [-0.39, 0.29) is 16.6 Å². The summed E-state index contributed by atoms with van der Waals surface area (Å²) < 4.78 is 5.14. The Morgan fingerprint density at radius 3 is 2.67 bits per heavy atom. The van der Waals surface area contributed by atoms with Gasteiger partial charge in [-0.3, -0.25) is 4.79 Å². The Bertz CT molecular complexity index is 849. The van der Waals surface area contributed by atoms with Gasteiger partial charge in [-0.2, -0.15) is 0 Å². The first-order chi connectivity index (χ1) is 12.8. The van der Waals surface area contributed by atoms with Crippen molar-refractivity contribution in [2.75, 3.05) is 12.8 Å². The number of aliphatic carboxylic acids is 1. The molecule has 0 spiro atoms. The molecule has 2 atom stereocenters. The number of anilines is 1. The Morgan fingerprint density at radius 2 is 2.07 bits per heavy atom. The van der Waals surface area contributed by atoms with Crippen molar-refractivity contribution in [2.24, 2.45) is 5.92 Å². The topological polar surface area (TPSA) is 115 Å². The van der Waals surface area contributed by atoms with Gasteiger partial charge in [0.1, 0.15) is 21.3 Å². The van der Waals surface area contributed by atoms with Gasteiger partial charge < -0.3 is 20.9 Å². The molecule has 1 fully saturated rings. The summed E-state index contributed by atoms with van der Waals surface area (Å²) in [5, 5.41) is 13.3. The van der Waals surface area contributed by atoms with Gasteiger partial charge in [-0.1, -0.05) is 31.1 Å². The molecule has 1 aromatic carbocycles. The predicted octanol–water partition coefficient (Wildman–Crippen LogP) is 3.16. The van der Waals surface area contributed by atoms with Gasteiger partial charge in [-0.05, 0) is 43.0 Å². The molecular weight excluding hydrogens is 366 g/mol. The summed E-state index contributed by atoms with van der Waals surface area (Å²) in [4.78, 5) is 29.0. The molecule has 2 unspecified atom stereocenters. The fourth-order valence-electron chi connectivity index (χ4n) is 3.54. The lowest BCUT2D eigenvalue weighted by atomic mass is 9.76. The maximum Gasteiger partial charge on any atom is 0.329 e. The Balaban J connectivity index is 1.84. The minimum Gasteiger partial charge on any atom is -0.497 e. The van der Waals surface area contributed by atoms with Crippen LogP contribution in [0.2, 0.25) is 0 Å². The van der Waals surface area contributed by atoms with E-state index in [9.17, 15) is 14.7 Å². The van der Waals surface area contributed by atoms with Crippen LogP contribution in [0.1, 0.15) is 43.1 Å². The number of carbonyl (C=O) groups is 2. The largest absolute Gasteiger partial charge is 0.497 e. The first kappa shape index (κ1) is 19.2. The summed E-state index contributed by atoms with van der Waals surface area (Å²) in [5.41, 5.74) is 5.64. The summed E-state index contributed by atoms with van der Waals surface area (Å²) in [6.07, 6.45) is 2.54. The van der Waals surface area contributed by atoms with E-state index >= 15 is 0 Å². The SMILES string of the molecule is COc1ccc(-c2nc(C(=O)NC3(C(=O)O)CCCC(C)C3)c(N)s2)cc1. The van der Waals surface area contributed by atoms with Gasteiger partial charge >= 0.3 is 5.97 Å². The van der Waals surface area contributed by atoms with Crippen LogP contribution < -0.4 is 15.8 Å². The van der Waals surface area contributed by atoms with E-state index in [1.807, 2.05) is 19.1 Å². The smallest absolute Gasteiger partial charge is 0.329 e. The van der Waals surface area contributed by atoms with E-state index < -0.39 is 17.4 Å². The number of amides is 1. The lowest BCUT2D eigenvalue weighted by molar-refractivity contribution is -0.146. The third kappa shape index (κ3) is 3.90. The first-order valence-corrected chi connectivity index (χ1v) is 9.63. The molecule has 8 heteroatoms. The van der Waals surface area contributed by atoms with Gasteiger partial charge in [-0.25, -0.2) is 9.78 Å². The molecule has 27 heavy (non-hydrogen) atoms. The van der Waals surface area contributed by atoms with Crippen molar-refractivity contribution in [3.8, 4) is 16.3 Å². The highest BCUT2D eigenvalue weighted by Crippen LogP contribution is 2.35. The molecule has 1 aliphatic rings. The highest BCUT2D eigenvalue weighted by molar-refractivity contribution is 7.19. The van der Waals surface area contributed by atoms with Crippen molar-refractivity contribution in [1.29, 1.82) is 0 Å². The van der Waals surface area contributed by atoms with Crippen LogP contribution in [0.15, 0.2) is 24.3 Å². The standard InChI is InChI=1S/C19H23N3O4S/c1-11-4-3-9-19(10-11,18(24)25)22-16(23)14-15(20)27-17(21-14)12-5-7-13(26-2)8-6-12/h5-8,11H,3-4,9-10,20H2,1-2H3,(H,22,23)(H,24,25). The van der Waals surface area contributed by atoms with Gasteiger partial charge in [0, 0.05) is 5.56 Å².